The van der Waals surface area contributed by atoms with Gasteiger partial charge in [0, 0.05) is 11.6 Å². The second kappa shape index (κ2) is 7.13. The van der Waals surface area contributed by atoms with Crippen LogP contribution in [0, 0.1) is 18.6 Å². The van der Waals surface area contributed by atoms with Gasteiger partial charge in [0.1, 0.15) is 0 Å². The minimum Gasteiger partial charge on any atom is -0.338 e. The van der Waals surface area contributed by atoms with E-state index in [4.69, 9.17) is 9.47 Å². The summed E-state index contributed by atoms with van der Waals surface area (Å²) >= 11 is 0. The molecule has 0 aliphatic carbocycles. The molecular formula is C20H21F2NO3. The number of aryl methyl sites for hydroxylation is 1. The van der Waals surface area contributed by atoms with E-state index in [1.165, 1.54) is 11.0 Å². The van der Waals surface area contributed by atoms with Crippen molar-refractivity contribution in [3.05, 3.63) is 59.2 Å². The number of halogens is 2. The lowest BCUT2D eigenvalue weighted by molar-refractivity contribution is -0.256. The summed E-state index contributed by atoms with van der Waals surface area (Å²) in [5, 5.41) is 0. The third kappa shape index (κ3) is 2.79. The van der Waals surface area contributed by atoms with Crippen LogP contribution in [0.1, 0.15) is 31.4 Å². The molecule has 0 atom stereocenters. The van der Waals surface area contributed by atoms with E-state index in [9.17, 15) is 13.6 Å². The molecule has 1 saturated heterocycles. The number of benzene rings is 2. The Balaban J connectivity index is 0.000000948. The Labute approximate surface area is 151 Å². The Bertz CT molecular complexity index is 832. The summed E-state index contributed by atoms with van der Waals surface area (Å²) in [5.74, 6) is -3.94. The maximum atomic E-state index is 13.7. The van der Waals surface area contributed by atoms with E-state index < -0.39 is 23.3 Å². The molecule has 1 amide bonds. The first-order chi connectivity index (χ1) is 12.5. The molecule has 4 nitrogen and oxygen atoms in total. The minimum absolute atomic E-state index is 0.235. The lowest BCUT2D eigenvalue weighted by atomic mass is 10.0. The van der Waals surface area contributed by atoms with E-state index in [0.717, 1.165) is 17.7 Å². The van der Waals surface area contributed by atoms with Gasteiger partial charge in [-0.3, -0.25) is 9.69 Å². The molecule has 6 heteroatoms. The number of anilines is 2. The first-order valence-corrected chi connectivity index (χ1v) is 8.71. The maximum absolute atomic E-state index is 13.7. The molecule has 0 N–H and O–H groups in total. The molecule has 2 heterocycles. The summed E-state index contributed by atoms with van der Waals surface area (Å²) in [5.41, 5.74) is 2.33. The van der Waals surface area contributed by atoms with Crippen LogP contribution in [-0.4, -0.2) is 19.1 Å². The lowest BCUT2D eigenvalue weighted by Crippen LogP contribution is -2.46. The van der Waals surface area contributed by atoms with E-state index in [1.54, 1.807) is 6.07 Å². The van der Waals surface area contributed by atoms with Crippen molar-refractivity contribution in [2.45, 2.75) is 33.0 Å². The molecule has 2 aliphatic heterocycles. The smallest absolute Gasteiger partial charge is 0.297 e. The van der Waals surface area contributed by atoms with Crippen LogP contribution in [-0.2, 0) is 20.1 Å². The van der Waals surface area contributed by atoms with Gasteiger partial charge in [0.2, 0.25) is 0 Å². The van der Waals surface area contributed by atoms with Crippen molar-refractivity contribution in [2.24, 2.45) is 0 Å². The van der Waals surface area contributed by atoms with Crippen molar-refractivity contribution in [3.63, 3.8) is 0 Å². The summed E-state index contributed by atoms with van der Waals surface area (Å²) in [6, 6.07) is 8.80. The Hall–Kier alpha value is -2.31. The summed E-state index contributed by atoms with van der Waals surface area (Å²) < 4.78 is 38.4. The van der Waals surface area contributed by atoms with Crippen LogP contribution in [0.3, 0.4) is 0 Å². The number of carbonyl (C=O) groups is 1. The van der Waals surface area contributed by atoms with Crippen LogP contribution in [0.25, 0.3) is 0 Å². The van der Waals surface area contributed by atoms with E-state index in [2.05, 4.69) is 0 Å². The van der Waals surface area contributed by atoms with Gasteiger partial charge in [-0.05, 0) is 37.6 Å². The number of rotatable bonds is 1. The topological polar surface area (TPSA) is 38.8 Å². The van der Waals surface area contributed by atoms with Gasteiger partial charge in [-0.1, -0.05) is 25.5 Å². The largest absolute Gasteiger partial charge is 0.338 e. The maximum Gasteiger partial charge on any atom is 0.297 e. The molecule has 26 heavy (non-hydrogen) atoms. The molecule has 2 aromatic rings. The third-order valence-corrected chi connectivity index (χ3v) is 4.29. The van der Waals surface area contributed by atoms with E-state index in [-0.39, 0.29) is 5.69 Å². The minimum atomic E-state index is -1.51. The highest BCUT2D eigenvalue weighted by atomic mass is 19.2. The van der Waals surface area contributed by atoms with Gasteiger partial charge in [0.15, 0.2) is 11.6 Å². The van der Waals surface area contributed by atoms with Crippen molar-refractivity contribution >= 4 is 17.3 Å². The monoisotopic (exact) mass is 361 g/mol. The number of hydrogen-bond acceptors (Lipinski definition) is 3. The average molecular weight is 361 g/mol. The van der Waals surface area contributed by atoms with Crippen molar-refractivity contribution in [3.8, 4) is 0 Å². The number of nitrogens with zero attached hydrogens (tertiary/aromatic N) is 1. The predicted molar refractivity (Wildman–Crippen MR) is 94.2 cm³/mol. The fraction of sp³-hybridized carbons (Fsp3) is 0.350. The fourth-order valence-corrected chi connectivity index (χ4v) is 3.17. The molecule has 2 aromatic carbocycles. The van der Waals surface area contributed by atoms with E-state index >= 15 is 0 Å². The predicted octanol–water partition coefficient (Wildman–Crippen LogP) is 4.57. The van der Waals surface area contributed by atoms with E-state index in [1.807, 2.05) is 32.9 Å². The van der Waals surface area contributed by atoms with Gasteiger partial charge in [0.05, 0.1) is 24.6 Å². The Morgan fingerprint density at radius 1 is 1.00 bits per heavy atom. The van der Waals surface area contributed by atoms with Crippen LogP contribution in [0.2, 0.25) is 0 Å². The zero-order valence-corrected chi connectivity index (χ0v) is 15.0. The fourth-order valence-electron chi connectivity index (χ4n) is 3.17. The highest BCUT2D eigenvalue weighted by molar-refractivity contribution is 6.11. The summed E-state index contributed by atoms with van der Waals surface area (Å²) in [7, 11) is 0. The van der Waals surface area contributed by atoms with Crippen LogP contribution in [0.15, 0.2) is 36.4 Å². The number of amides is 1. The van der Waals surface area contributed by atoms with Crippen molar-refractivity contribution in [1.82, 2.24) is 0 Å². The Kier molecular flexibility index (Phi) is 5.07. The van der Waals surface area contributed by atoms with Crippen molar-refractivity contribution < 1.29 is 23.0 Å². The van der Waals surface area contributed by atoms with Gasteiger partial charge in [-0.15, -0.1) is 0 Å². The molecule has 0 unspecified atom stereocenters. The summed E-state index contributed by atoms with van der Waals surface area (Å²) in [6.07, 6.45) is 0.696. The normalized spacial score (nSPS) is 17.7. The lowest BCUT2D eigenvalue weighted by Gasteiger charge is -2.32. The molecular weight excluding hydrogens is 340 g/mol. The summed E-state index contributed by atoms with van der Waals surface area (Å²) in [6.45, 7) is 6.69. The van der Waals surface area contributed by atoms with Crippen LogP contribution < -0.4 is 4.90 Å². The van der Waals surface area contributed by atoms with E-state index in [0.29, 0.717) is 30.9 Å². The second-order valence-corrected chi connectivity index (χ2v) is 5.93. The van der Waals surface area contributed by atoms with Gasteiger partial charge < -0.3 is 9.47 Å². The van der Waals surface area contributed by atoms with Crippen LogP contribution >= 0.6 is 0 Å². The quantitative estimate of drug-likeness (QED) is 0.747. The first kappa shape index (κ1) is 18.5. The first-order valence-electron chi connectivity index (χ1n) is 8.71. The molecule has 0 radical (unpaired) electrons. The standard InChI is InChI=1S/C18H15F2NO3.C2H6/c1-11-3-6-16-13(9-11)18(23-7-2-8-24-18)17(22)21(16)12-4-5-14(19)15(20)10-12;1-2/h3-6,9-10H,2,7-8H2,1H3;1-2H3. The summed E-state index contributed by atoms with van der Waals surface area (Å²) in [4.78, 5) is 14.4. The molecule has 1 spiro atoms. The molecule has 4 rings (SSSR count). The molecule has 0 bridgehead atoms. The second-order valence-electron chi connectivity index (χ2n) is 5.93. The number of carbonyl (C=O) groups excluding carboxylic acids is 1. The SMILES string of the molecule is CC.Cc1ccc2c(c1)C1(OCCCO1)C(=O)N2c1ccc(F)c(F)c1. The van der Waals surface area contributed by atoms with Crippen molar-refractivity contribution in [2.75, 3.05) is 18.1 Å². The van der Waals surface area contributed by atoms with Crippen LogP contribution in [0.4, 0.5) is 20.2 Å². The molecule has 0 saturated carbocycles. The zero-order valence-electron chi connectivity index (χ0n) is 15.0. The van der Waals surface area contributed by atoms with Gasteiger partial charge in [0.25, 0.3) is 11.7 Å². The highest BCUT2D eigenvalue weighted by Gasteiger charge is 2.55. The molecule has 1 fully saturated rings. The number of hydrogen-bond donors (Lipinski definition) is 0. The molecule has 0 aromatic heterocycles. The molecule has 138 valence electrons. The molecule has 2 aliphatic rings. The van der Waals surface area contributed by atoms with Gasteiger partial charge in [-0.25, -0.2) is 8.78 Å². The highest BCUT2D eigenvalue weighted by Crippen LogP contribution is 2.48. The van der Waals surface area contributed by atoms with Crippen molar-refractivity contribution in [1.29, 1.82) is 0 Å². The Morgan fingerprint density at radius 2 is 1.69 bits per heavy atom. The number of fused-ring (bicyclic) bond motifs is 2. The van der Waals surface area contributed by atoms with Gasteiger partial charge >= 0.3 is 0 Å². The average Bonchev–Trinajstić information content (AvgIpc) is 2.88. The Morgan fingerprint density at radius 3 is 2.35 bits per heavy atom. The van der Waals surface area contributed by atoms with Crippen LogP contribution in [0.5, 0.6) is 0 Å². The third-order valence-electron chi connectivity index (χ3n) is 4.29. The zero-order chi connectivity index (χ0) is 18.9. The van der Waals surface area contributed by atoms with Gasteiger partial charge in [-0.2, -0.15) is 0 Å². The number of ether oxygens (including phenoxy) is 2.